The molecule has 0 fully saturated rings. The molecular weight excluding hydrogens is 381 g/mol. The van der Waals surface area contributed by atoms with Gasteiger partial charge in [0.1, 0.15) is 0 Å². The van der Waals surface area contributed by atoms with Gasteiger partial charge in [0.15, 0.2) is 5.82 Å². The summed E-state index contributed by atoms with van der Waals surface area (Å²) in [5, 5.41) is 7.53. The number of hydrogen-bond donors (Lipinski definition) is 1. The second-order valence-corrected chi connectivity index (χ2v) is 7.55. The van der Waals surface area contributed by atoms with Gasteiger partial charge in [0, 0.05) is 0 Å². The lowest BCUT2D eigenvalue weighted by Gasteiger charge is -2.12. The van der Waals surface area contributed by atoms with Gasteiger partial charge in [-0.05, 0) is 30.2 Å². The number of nitrogens with one attached hydrogen (secondary N) is 1. The number of nitrogens with zero attached hydrogens (tertiary/aromatic N) is 3. The van der Waals surface area contributed by atoms with Gasteiger partial charge in [0.05, 0.1) is 23.2 Å². The summed E-state index contributed by atoms with van der Waals surface area (Å²) in [5.74, 6) is -0.0833. The van der Waals surface area contributed by atoms with Crippen molar-refractivity contribution in [3.05, 3.63) is 71.4 Å². The Morgan fingerprint density at radius 3 is 2.48 bits per heavy atom. The summed E-state index contributed by atoms with van der Waals surface area (Å²) in [4.78, 5) is -0.502. The molecule has 2 aromatic carbocycles. The molecule has 0 bridgehead atoms. The van der Waals surface area contributed by atoms with Crippen molar-refractivity contribution in [2.75, 3.05) is 4.72 Å². The number of alkyl halides is 3. The first-order chi connectivity index (χ1) is 12.6. The fraction of sp³-hybridized carbons (Fsp3) is 0.176. The molecule has 0 aliphatic rings. The molecule has 1 N–H and O–H groups in total. The Kier molecular flexibility index (Phi) is 4.92. The molecule has 0 aliphatic carbocycles. The van der Waals surface area contributed by atoms with Crippen LogP contribution >= 0.6 is 0 Å². The maximum atomic E-state index is 13.0. The maximum Gasteiger partial charge on any atom is 0.416 e. The molecule has 1 aromatic heterocycles. The van der Waals surface area contributed by atoms with Crippen LogP contribution in [-0.2, 0) is 22.7 Å². The molecule has 3 rings (SSSR count). The lowest BCUT2D eigenvalue weighted by molar-refractivity contribution is -0.138. The number of benzene rings is 2. The van der Waals surface area contributed by atoms with E-state index < -0.39 is 26.7 Å². The number of aromatic nitrogens is 3. The Hall–Kier alpha value is -2.88. The van der Waals surface area contributed by atoms with Gasteiger partial charge in [0.25, 0.3) is 10.0 Å². The smallest absolute Gasteiger partial charge is 0.261 e. The normalized spacial score (nSPS) is 12.1. The third-order valence-corrected chi connectivity index (χ3v) is 5.14. The van der Waals surface area contributed by atoms with Crippen molar-refractivity contribution >= 4 is 15.8 Å². The van der Waals surface area contributed by atoms with E-state index in [-0.39, 0.29) is 11.4 Å². The van der Waals surface area contributed by atoms with Crippen molar-refractivity contribution < 1.29 is 21.6 Å². The number of rotatable bonds is 5. The van der Waals surface area contributed by atoms with Crippen molar-refractivity contribution in [2.24, 2.45) is 0 Å². The Bertz CT molecular complexity index is 1050. The topological polar surface area (TPSA) is 76.9 Å². The molecule has 27 heavy (non-hydrogen) atoms. The molecule has 0 spiro atoms. The minimum absolute atomic E-state index is 0.0599. The van der Waals surface area contributed by atoms with Crippen molar-refractivity contribution in [3.8, 4) is 0 Å². The Balaban J connectivity index is 1.81. The molecule has 0 aliphatic heterocycles. The molecule has 142 valence electrons. The highest BCUT2D eigenvalue weighted by Crippen LogP contribution is 2.33. The number of hydrogen-bond acceptors (Lipinski definition) is 4. The second kappa shape index (κ2) is 7.03. The lowest BCUT2D eigenvalue weighted by Crippen LogP contribution is -2.15. The Morgan fingerprint density at radius 1 is 1.11 bits per heavy atom. The first-order valence-corrected chi connectivity index (χ1v) is 9.28. The number of halogens is 3. The van der Waals surface area contributed by atoms with Crippen molar-refractivity contribution in [1.29, 1.82) is 0 Å². The van der Waals surface area contributed by atoms with Crippen LogP contribution in [0.3, 0.4) is 0 Å². The van der Waals surface area contributed by atoms with Crippen molar-refractivity contribution in [2.45, 2.75) is 24.5 Å². The van der Waals surface area contributed by atoms with Crippen LogP contribution in [0.2, 0.25) is 0 Å². The Morgan fingerprint density at radius 2 is 1.81 bits per heavy atom. The van der Waals surface area contributed by atoms with E-state index in [4.69, 9.17) is 0 Å². The third kappa shape index (κ3) is 4.45. The quantitative estimate of drug-likeness (QED) is 0.717. The monoisotopic (exact) mass is 396 g/mol. The number of aryl methyl sites for hydroxylation is 1. The highest BCUT2D eigenvalue weighted by molar-refractivity contribution is 7.92. The van der Waals surface area contributed by atoms with Crippen LogP contribution in [0.25, 0.3) is 0 Å². The molecule has 0 saturated heterocycles. The van der Waals surface area contributed by atoms with Gasteiger partial charge in [-0.25, -0.2) is 13.1 Å². The fourth-order valence-corrected chi connectivity index (χ4v) is 3.47. The largest absolute Gasteiger partial charge is 0.416 e. The average molecular weight is 396 g/mol. The number of sulfonamides is 1. The first kappa shape index (κ1) is 18.9. The van der Waals surface area contributed by atoms with E-state index in [0.717, 1.165) is 17.7 Å². The van der Waals surface area contributed by atoms with Crippen LogP contribution < -0.4 is 4.72 Å². The molecule has 0 amide bonds. The van der Waals surface area contributed by atoms with E-state index in [9.17, 15) is 21.6 Å². The minimum Gasteiger partial charge on any atom is -0.261 e. The zero-order valence-electron chi connectivity index (χ0n) is 14.1. The van der Waals surface area contributed by atoms with Crippen molar-refractivity contribution in [3.63, 3.8) is 0 Å². The highest BCUT2D eigenvalue weighted by Gasteiger charge is 2.33. The fourth-order valence-electron chi connectivity index (χ4n) is 2.46. The van der Waals surface area contributed by atoms with Crippen LogP contribution in [0, 0.1) is 6.92 Å². The lowest BCUT2D eigenvalue weighted by atomic mass is 10.1. The summed E-state index contributed by atoms with van der Waals surface area (Å²) >= 11 is 0. The predicted molar refractivity (Wildman–Crippen MR) is 92.6 cm³/mol. The summed E-state index contributed by atoms with van der Waals surface area (Å²) in [7, 11) is -4.24. The second-order valence-electron chi connectivity index (χ2n) is 5.87. The summed E-state index contributed by atoms with van der Waals surface area (Å²) in [6, 6.07) is 12.1. The van der Waals surface area contributed by atoms with Gasteiger partial charge < -0.3 is 0 Å². The summed E-state index contributed by atoms with van der Waals surface area (Å²) in [6.07, 6.45) is -3.28. The van der Waals surface area contributed by atoms with Crippen LogP contribution in [-0.4, -0.2) is 23.4 Å². The average Bonchev–Trinajstić information content (AvgIpc) is 3.01. The summed E-state index contributed by atoms with van der Waals surface area (Å²) < 4.78 is 67.4. The van der Waals surface area contributed by atoms with Crippen LogP contribution in [0.1, 0.15) is 16.7 Å². The van der Waals surface area contributed by atoms with Gasteiger partial charge in [0.2, 0.25) is 0 Å². The van der Waals surface area contributed by atoms with E-state index in [0.29, 0.717) is 12.6 Å². The van der Waals surface area contributed by atoms with Crippen molar-refractivity contribution in [1.82, 2.24) is 15.0 Å². The predicted octanol–water partition coefficient (Wildman–Crippen LogP) is 3.45. The van der Waals surface area contributed by atoms with Gasteiger partial charge in [-0.15, -0.1) is 5.10 Å². The van der Waals surface area contributed by atoms with E-state index in [1.54, 1.807) is 0 Å². The molecule has 0 unspecified atom stereocenters. The van der Waals surface area contributed by atoms with E-state index in [1.165, 1.54) is 17.8 Å². The SMILES string of the molecule is Cc1ccc(S(=O)(=O)Nc2cn(Cc3ccccc3)nn2)cc1C(F)(F)F. The van der Waals surface area contributed by atoms with Gasteiger partial charge in [-0.1, -0.05) is 41.6 Å². The molecule has 3 aromatic rings. The molecule has 0 radical (unpaired) electrons. The zero-order valence-corrected chi connectivity index (χ0v) is 14.9. The first-order valence-electron chi connectivity index (χ1n) is 7.80. The van der Waals surface area contributed by atoms with Crippen LogP contribution in [0.4, 0.5) is 19.0 Å². The number of anilines is 1. The Labute approximate surface area is 153 Å². The van der Waals surface area contributed by atoms with Gasteiger partial charge in [-0.3, -0.25) is 4.72 Å². The van der Waals surface area contributed by atoms with Gasteiger partial charge in [-0.2, -0.15) is 13.2 Å². The highest BCUT2D eigenvalue weighted by atomic mass is 32.2. The zero-order chi connectivity index (χ0) is 19.7. The molecule has 1 heterocycles. The maximum absolute atomic E-state index is 13.0. The van der Waals surface area contributed by atoms with E-state index >= 15 is 0 Å². The third-order valence-electron chi connectivity index (χ3n) is 3.79. The van der Waals surface area contributed by atoms with E-state index in [2.05, 4.69) is 15.0 Å². The molecule has 0 atom stereocenters. The van der Waals surface area contributed by atoms with Gasteiger partial charge >= 0.3 is 6.18 Å². The van der Waals surface area contributed by atoms with Crippen LogP contribution in [0.15, 0.2) is 59.6 Å². The molecule has 10 heteroatoms. The van der Waals surface area contributed by atoms with Crippen LogP contribution in [0.5, 0.6) is 0 Å². The minimum atomic E-state index is -4.64. The molecular formula is C17H15F3N4O2S. The summed E-state index contributed by atoms with van der Waals surface area (Å²) in [6.45, 7) is 1.64. The molecule has 0 saturated carbocycles. The standard InChI is InChI=1S/C17H15F3N4O2S/c1-12-7-8-14(9-15(12)17(18,19)20)27(25,26)22-16-11-24(23-21-16)10-13-5-3-2-4-6-13/h2-9,11,22H,10H2,1H3. The molecule has 6 nitrogen and oxygen atoms in total. The van der Waals surface area contributed by atoms with E-state index in [1.807, 2.05) is 30.3 Å². The summed E-state index contributed by atoms with van der Waals surface area (Å²) in [5.41, 5.74) is -0.126.